The Morgan fingerprint density at radius 1 is 1.24 bits per heavy atom. The van der Waals surface area contributed by atoms with Crippen molar-refractivity contribution >= 4 is 17.1 Å². The van der Waals surface area contributed by atoms with E-state index >= 15 is 0 Å². The van der Waals surface area contributed by atoms with Crippen molar-refractivity contribution in [3.63, 3.8) is 0 Å². The van der Waals surface area contributed by atoms with E-state index in [-0.39, 0.29) is 5.69 Å². The molecule has 0 fully saturated rings. The van der Waals surface area contributed by atoms with Gasteiger partial charge in [0.1, 0.15) is 11.4 Å². The van der Waals surface area contributed by atoms with E-state index in [0.29, 0.717) is 11.4 Å². The molecule has 5 nitrogen and oxygen atoms in total. The molecule has 0 saturated heterocycles. The Morgan fingerprint density at radius 3 is 2.59 bits per heavy atom. The van der Waals surface area contributed by atoms with Gasteiger partial charge < -0.3 is 5.32 Å². The molecule has 1 N–H and O–H groups in total. The lowest BCUT2D eigenvalue weighted by Gasteiger charge is -2.07. The van der Waals surface area contributed by atoms with E-state index in [1.807, 2.05) is 30.3 Å². The minimum Gasteiger partial charge on any atom is -0.350 e. The first-order chi connectivity index (χ1) is 8.18. The molecule has 2 aromatic rings. The normalized spacial score (nSPS) is 9.94. The van der Waals surface area contributed by atoms with Crippen LogP contribution in [0.1, 0.15) is 5.69 Å². The predicted molar refractivity (Wildman–Crippen MR) is 65.4 cm³/mol. The highest BCUT2D eigenvalue weighted by molar-refractivity contribution is 5.70. The summed E-state index contributed by atoms with van der Waals surface area (Å²) in [6, 6.07) is 10.9. The third-order valence-electron chi connectivity index (χ3n) is 2.34. The van der Waals surface area contributed by atoms with Gasteiger partial charge in [-0.2, -0.15) is 0 Å². The van der Waals surface area contributed by atoms with Gasteiger partial charge in [-0.25, -0.2) is 0 Å². The second-order valence-electron chi connectivity index (χ2n) is 3.54. The Labute approximate surface area is 98.3 Å². The topological polar surface area (TPSA) is 68.1 Å². The first-order valence-electron chi connectivity index (χ1n) is 5.10. The Bertz CT molecular complexity index is 541. The van der Waals surface area contributed by atoms with Crippen LogP contribution in [-0.2, 0) is 0 Å². The predicted octanol–water partition coefficient (Wildman–Crippen LogP) is 3.04. The number of hydrogen-bond donors (Lipinski definition) is 1. The van der Waals surface area contributed by atoms with E-state index in [9.17, 15) is 10.1 Å². The van der Waals surface area contributed by atoms with Gasteiger partial charge in [-0.15, -0.1) is 0 Å². The smallest absolute Gasteiger partial charge is 0.313 e. The molecule has 0 atom stereocenters. The molecular weight excluding hydrogens is 218 g/mol. The summed E-state index contributed by atoms with van der Waals surface area (Å²) < 4.78 is 0. The molecule has 5 heteroatoms. The van der Waals surface area contributed by atoms with E-state index in [1.165, 1.54) is 0 Å². The maximum atomic E-state index is 11.0. The van der Waals surface area contributed by atoms with Gasteiger partial charge in [0.05, 0.1) is 4.92 Å². The van der Waals surface area contributed by atoms with E-state index in [0.717, 1.165) is 5.69 Å². The van der Waals surface area contributed by atoms with Gasteiger partial charge >= 0.3 is 5.69 Å². The zero-order valence-electron chi connectivity index (χ0n) is 9.25. The number of pyridine rings is 1. The Morgan fingerprint density at radius 2 is 1.94 bits per heavy atom. The standard InChI is InChI=1S/C12H11N3O2/c1-9-12(15(16)17)11(7-8-13-9)14-10-5-3-2-4-6-10/h2-8H,1H3,(H,13,14). The molecule has 2 rings (SSSR count). The molecule has 1 aromatic carbocycles. The largest absolute Gasteiger partial charge is 0.350 e. The molecule has 1 heterocycles. The molecule has 17 heavy (non-hydrogen) atoms. The molecule has 0 bridgehead atoms. The van der Waals surface area contributed by atoms with E-state index in [1.54, 1.807) is 19.2 Å². The minimum atomic E-state index is -0.423. The third kappa shape index (κ3) is 2.39. The van der Waals surface area contributed by atoms with Gasteiger partial charge in [0.2, 0.25) is 0 Å². The molecule has 0 amide bonds. The average Bonchev–Trinajstić information content (AvgIpc) is 2.30. The molecule has 86 valence electrons. The van der Waals surface area contributed by atoms with Crippen molar-refractivity contribution in [1.82, 2.24) is 4.98 Å². The van der Waals surface area contributed by atoms with Gasteiger partial charge in [-0.05, 0) is 25.1 Å². The average molecular weight is 229 g/mol. The van der Waals surface area contributed by atoms with Crippen LogP contribution < -0.4 is 5.32 Å². The van der Waals surface area contributed by atoms with Gasteiger partial charge in [0, 0.05) is 11.9 Å². The van der Waals surface area contributed by atoms with Crippen molar-refractivity contribution < 1.29 is 4.92 Å². The summed E-state index contributed by atoms with van der Waals surface area (Å²) in [4.78, 5) is 14.5. The lowest BCUT2D eigenvalue weighted by molar-refractivity contribution is -0.384. The minimum absolute atomic E-state index is 0.0105. The van der Waals surface area contributed by atoms with Crippen LogP contribution in [0.3, 0.4) is 0 Å². The maximum Gasteiger partial charge on any atom is 0.313 e. The fourth-order valence-electron chi connectivity index (χ4n) is 1.57. The highest BCUT2D eigenvalue weighted by Gasteiger charge is 2.17. The molecule has 0 saturated carbocycles. The van der Waals surface area contributed by atoms with E-state index in [4.69, 9.17) is 0 Å². The molecular formula is C12H11N3O2. The summed E-state index contributed by atoms with van der Waals surface area (Å²) in [5.74, 6) is 0. The van der Waals surface area contributed by atoms with Crippen molar-refractivity contribution in [1.29, 1.82) is 0 Å². The first kappa shape index (κ1) is 11.1. The van der Waals surface area contributed by atoms with Crippen LogP contribution in [0.15, 0.2) is 42.6 Å². The van der Waals surface area contributed by atoms with Crippen molar-refractivity contribution in [2.75, 3.05) is 5.32 Å². The zero-order valence-corrected chi connectivity index (χ0v) is 9.25. The van der Waals surface area contributed by atoms with Gasteiger partial charge in [-0.1, -0.05) is 18.2 Å². The quantitative estimate of drug-likeness (QED) is 0.648. The Hall–Kier alpha value is -2.43. The number of anilines is 2. The van der Waals surface area contributed by atoms with Crippen LogP contribution in [0, 0.1) is 17.0 Å². The van der Waals surface area contributed by atoms with Crippen LogP contribution in [-0.4, -0.2) is 9.91 Å². The highest BCUT2D eigenvalue weighted by Crippen LogP contribution is 2.28. The number of nitrogens with one attached hydrogen (secondary N) is 1. The summed E-state index contributed by atoms with van der Waals surface area (Å²) in [6.45, 7) is 1.62. The number of para-hydroxylation sites is 1. The number of nitro groups is 1. The Balaban J connectivity index is 2.40. The van der Waals surface area contributed by atoms with Crippen LogP contribution in [0.4, 0.5) is 17.1 Å². The van der Waals surface area contributed by atoms with Crippen molar-refractivity contribution in [2.45, 2.75) is 6.92 Å². The molecule has 0 radical (unpaired) electrons. The molecule has 0 aliphatic rings. The molecule has 0 aliphatic heterocycles. The molecule has 0 spiro atoms. The van der Waals surface area contributed by atoms with Crippen molar-refractivity contribution in [3.05, 3.63) is 58.4 Å². The van der Waals surface area contributed by atoms with Gasteiger partial charge in [0.15, 0.2) is 0 Å². The molecule has 0 unspecified atom stereocenters. The summed E-state index contributed by atoms with van der Waals surface area (Å²) in [5.41, 5.74) is 1.67. The summed E-state index contributed by atoms with van der Waals surface area (Å²) in [6.07, 6.45) is 1.55. The number of benzene rings is 1. The Kier molecular flexibility index (Phi) is 3.00. The third-order valence-corrected chi connectivity index (χ3v) is 2.34. The van der Waals surface area contributed by atoms with Crippen LogP contribution >= 0.6 is 0 Å². The van der Waals surface area contributed by atoms with Crippen LogP contribution in [0.5, 0.6) is 0 Å². The number of aromatic nitrogens is 1. The van der Waals surface area contributed by atoms with Crippen molar-refractivity contribution in [2.24, 2.45) is 0 Å². The van der Waals surface area contributed by atoms with Crippen LogP contribution in [0.25, 0.3) is 0 Å². The number of hydrogen-bond acceptors (Lipinski definition) is 4. The van der Waals surface area contributed by atoms with E-state index < -0.39 is 4.92 Å². The number of aryl methyl sites for hydroxylation is 1. The number of rotatable bonds is 3. The fourth-order valence-corrected chi connectivity index (χ4v) is 1.57. The van der Waals surface area contributed by atoms with Crippen molar-refractivity contribution in [3.8, 4) is 0 Å². The second-order valence-corrected chi connectivity index (χ2v) is 3.54. The maximum absolute atomic E-state index is 11.0. The second kappa shape index (κ2) is 4.61. The monoisotopic (exact) mass is 229 g/mol. The zero-order chi connectivity index (χ0) is 12.3. The van der Waals surface area contributed by atoms with Gasteiger partial charge in [0.25, 0.3) is 0 Å². The first-order valence-corrected chi connectivity index (χ1v) is 5.10. The summed E-state index contributed by atoms with van der Waals surface area (Å²) in [7, 11) is 0. The SMILES string of the molecule is Cc1nccc(Nc2ccccc2)c1[N+](=O)[O-]. The summed E-state index contributed by atoms with van der Waals surface area (Å²) >= 11 is 0. The van der Waals surface area contributed by atoms with Gasteiger partial charge in [-0.3, -0.25) is 15.1 Å². The lowest BCUT2D eigenvalue weighted by Crippen LogP contribution is -2.00. The molecule has 1 aromatic heterocycles. The van der Waals surface area contributed by atoms with Crippen LogP contribution in [0.2, 0.25) is 0 Å². The fraction of sp³-hybridized carbons (Fsp3) is 0.0833. The molecule has 0 aliphatic carbocycles. The van der Waals surface area contributed by atoms with E-state index in [2.05, 4.69) is 10.3 Å². The summed E-state index contributed by atoms with van der Waals surface area (Å²) in [5, 5.41) is 14.0. The lowest BCUT2D eigenvalue weighted by atomic mass is 10.2. The highest BCUT2D eigenvalue weighted by atomic mass is 16.6. The number of nitrogens with zero attached hydrogens (tertiary/aromatic N) is 2.